The number of ether oxygens (including phenoxy) is 2. The van der Waals surface area contributed by atoms with Gasteiger partial charge in [-0.3, -0.25) is 4.79 Å². The van der Waals surface area contributed by atoms with Crippen LogP contribution in [-0.2, 0) is 24.8 Å². The van der Waals surface area contributed by atoms with Gasteiger partial charge in [0.15, 0.2) is 0 Å². The summed E-state index contributed by atoms with van der Waals surface area (Å²) in [6.07, 6.45) is 7.50. The molecule has 3 aromatic heterocycles. The maximum atomic E-state index is 11.4. The molecule has 0 saturated heterocycles. The Bertz CT molecular complexity index is 1230. The topological polar surface area (TPSA) is 137 Å². The average Bonchev–Trinajstić information content (AvgIpc) is 3.62. The molecule has 0 aliphatic heterocycles. The first-order valence-corrected chi connectivity index (χ1v) is 12.5. The van der Waals surface area contributed by atoms with Crippen molar-refractivity contribution in [3.05, 3.63) is 35.8 Å². The van der Waals surface area contributed by atoms with E-state index in [9.17, 15) is 9.90 Å². The number of carboxylic acid groups (broad SMARTS) is 1. The minimum atomic E-state index is -0.745. The summed E-state index contributed by atoms with van der Waals surface area (Å²) in [6.45, 7) is 2.47. The second-order valence-corrected chi connectivity index (χ2v) is 9.34. The van der Waals surface area contributed by atoms with E-state index in [4.69, 9.17) is 14.5 Å². The number of carbonyl (C=O) groups is 1. The summed E-state index contributed by atoms with van der Waals surface area (Å²) < 4.78 is 13.6. The van der Waals surface area contributed by atoms with Crippen LogP contribution in [0.1, 0.15) is 56.8 Å². The highest BCUT2D eigenvalue weighted by Crippen LogP contribution is 2.31. The van der Waals surface area contributed by atoms with Crippen LogP contribution in [-0.4, -0.2) is 53.2 Å². The van der Waals surface area contributed by atoms with Crippen LogP contribution >= 0.6 is 0 Å². The number of hydrogen-bond acceptors (Lipinski definition) is 9. The summed E-state index contributed by atoms with van der Waals surface area (Å²) in [7, 11) is 1.84. The third-order valence-electron chi connectivity index (χ3n) is 6.59. The molecule has 0 unspecified atom stereocenters. The fourth-order valence-electron chi connectivity index (χ4n) is 4.42. The summed E-state index contributed by atoms with van der Waals surface area (Å²) in [4.78, 5) is 24.9. The molecule has 2 N–H and O–H groups in total. The molecule has 11 nitrogen and oxygen atoms in total. The monoisotopic (exact) mass is 493 g/mol. The molecule has 2 fully saturated rings. The van der Waals surface area contributed by atoms with Crippen LogP contribution in [0.3, 0.4) is 0 Å². The van der Waals surface area contributed by atoms with Crippen LogP contribution in [0.25, 0.3) is 11.4 Å². The van der Waals surface area contributed by atoms with E-state index in [1.807, 2.05) is 26.1 Å². The maximum Gasteiger partial charge on any atom is 0.318 e. The maximum absolute atomic E-state index is 11.4. The van der Waals surface area contributed by atoms with E-state index >= 15 is 0 Å². The highest BCUT2D eigenvalue weighted by molar-refractivity contribution is 5.70. The van der Waals surface area contributed by atoms with E-state index < -0.39 is 5.97 Å². The lowest BCUT2D eigenvalue weighted by molar-refractivity contribution is -0.143. The predicted molar refractivity (Wildman–Crippen MR) is 131 cm³/mol. The minimum Gasteiger partial charge on any atom is -0.488 e. The molecule has 3 heterocycles. The molecular formula is C25H31N7O4. The third kappa shape index (κ3) is 5.55. The van der Waals surface area contributed by atoms with Crippen molar-refractivity contribution in [3.63, 3.8) is 0 Å². The van der Waals surface area contributed by atoms with Crippen LogP contribution < -0.4 is 14.8 Å². The molecule has 5 rings (SSSR count). The van der Waals surface area contributed by atoms with E-state index in [0.717, 1.165) is 37.1 Å². The Hall–Kier alpha value is -3.76. The van der Waals surface area contributed by atoms with Gasteiger partial charge in [-0.25, -0.2) is 14.6 Å². The Morgan fingerprint density at radius 2 is 2.00 bits per heavy atom. The standard InChI is InChI=1S/C25H31N7O4/c1-3-18-21(35-17-6-4-5-15(13-17)24(33)34)10-9-19(28-18)23-20(32(2)31-30-23)14-27-22-11-12-26-25(29-22)36-16-7-8-16/h9-12,15-17H,3-8,13-14H2,1-2H3,(H,33,34)(H,26,27,29)/t15-,17-/m0/s1. The van der Waals surface area contributed by atoms with Gasteiger partial charge in [-0.15, -0.1) is 5.10 Å². The van der Waals surface area contributed by atoms with Crippen molar-refractivity contribution in [3.8, 4) is 23.1 Å². The first kappa shape index (κ1) is 24.0. The molecular weight excluding hydrogens is 462 g/mol. The number of rotatable bonds is 10. The van der Waals surface area contributed by atoms with Gasteiger partial charge in [-0.1, -0.05) is 12.1 Å². The van der Waals surface area contributed by atoms with Gasteiger partial charge < -0.3 is 19.9 Å². The van der Waals surface area contributed by atoms with Gasteiger partial charge in [0.2, 0.25) is 0 Å². The normalized spacial score (nSPS) is 19.6. The van der Waals surface area contributed by atoms with E-state index in [2.05, 4.69) is 25.6 Å². The zero-order chi connectivity index (χ0) is 25.1. The molecule has 0 amide bonds. The van der Waals surface area contributed by atoms with Gasteiger partial charge in [0.25, 0.3) is 0 Å². The largest absolute Gasteiger partial charge is 0.488 e. The Balaban J connectivity index is 1.30. The van der Waals surface area contributed by atoms with Gasteiger partial charge in [0.1, 0.15) is 23.4 Å². The Morgan fingerprint density at radius 1 is 1.14 bits per heavy atom. The Labute approximate surface area is 209 Å². The molecule has 2 atom stereocenters. The van der Waals surface area contributed by atoms with Gasteiger partial charge in [-0.05, 0) is 63.1 Å². The zero-order valence-corrected chi connectivity index (χ0v) is 20.6. The molecule has 190 valence electrons. The quantitative estimate of drug-likeness (QED) is 0.432. The molecule has 36 heavy (non-hydrogen) atoms. The van der Waals surface area contributed by atoms with Crippen LogP contribution in [0.2, 0.25) is 0 Å². The van der Waals surface area contributed by atoms with Crippen molar-refractivity contribution >= 4 is 11.8 Å². The van der Waals surface area contributed by atoms with Crippen molar-refractivity contribution in [1.82, 2.24) is 29.9 Å². The Morgan fingerprint density at radius 3 is 2.78 bits per heavy atom. The minimum absolute atomic E-state index is 0.115. The van der Waals surface area contributed by atoms with E-state index in [0.29, 0.717) is 54.8 Å². The first-order valence-electron chi connectivity index (χ1n) is 12.5. The summed E-state index contributed by atoms with van der Waals surface area (Å²) in [5.74, 6) is 0.266. The number of anilines is 1. The van der Waals surface area contributed by atoms with E-state index in [-0.39, 0.29) is 18.1 Å². The lowest BCUT2D eigenvalue weighted by Crippen LogP contribution is -2.29. The fraction of sp³-hybridized carbons (Fsp3) is 0.520. The van der Waals surface area contributed by atoms with Gasteiger partial charge in [0, 0.05) is 13.2 Å². The van der Waals surface area contributed by atoms with Crippen molar-refractivity contribution in [1.29, 1.82) is 0 Å². The molecule has 0 bridgehead atoms. The van der Waals surface area contributed by atoms with Crippen LogP contribution in [0.4, 0.5) is 5.82 Å². The number of nitrogens with one attached hydrogen (secondary N) is 1. The molecule has 3 aromatic rings. The second kappa shape index (κ2) is 10.5. The van der Waals surface area contributed by atoms with Crippen LogP contribution in [0.5, 0.6) is 11.8 Å². The van der Waals surface area contributed by atoms with Gasteiger partial charge in [0.05, 0.1) is 35.6 Å². The second-order valence-electron chi connectivity index (χ2n) is 9.34. The lowest BCUT2D eigenvalue weighted by Gasteiger charge is -2.28. The molecule has 2 saturated carbocycles. The van der Waals surface area contributed by atoms with Crippen LogP contribution in [0, 0.1) is 5.92 Å². The highest BCUT2D eigenvalue weighted by atomic mass is 16.5. The zero-order valence-electron chi connectivity index (χ0n) is 20.6. The molecule has 2 aliphatic rings. The first-order chi connectivity index (χ1) is 17.5. The molecule has 0 aromatic carbocycles. The highest BCUT2D eigenvalue weighted by Gasteiger charge is 2.29. The number of carboxylic acids is 1. The molecule has 0 radical (unpaired) electrons. The summed E-state index contributed by atoms with van der Waals surface area (Å²) in [6, 6.07) is 5.96. The van der Waals surface area contributed by atoms with Crippen molar-refractivity contribution < 1.29 is 19.4 Å². The molecule has 2 aliphatic carbocycles. The number of nitrogens with zero attached hydrogens (tertiary/aromatic N) is 6. The predicted octanol–water partition coefficient (Wildman–Crippen LogP) is 3.41. The van der Waals surface area contributed by atoms with E-state index in [1.54, 1.807) is 16.9 Å². The van der Waals surface area contributed by atoms with Gasteiger partial charge >= 0.3 is 12.0 Å². The molecule has 11 heteroatoms. The number of aromatic nitrogens is 6. The Kier molecular flexibility index (Phi) is 6.97. The lowest BCUT2D eigenvalue weighted by atomic mass is 9.87. The van der Waals surface area contributed by atoms with Crippen molar-refractivity contribution in [2.45, 2.75) is 70.6 Å². The summed E-state index contributed by atoms with van der Waals surface area (Å²) in [5, 5.41) is 21.3. The molecule has 0 spiro atoms. The van der Waals surface area contributed by atoms with Crippen molar-refractivity contribution in [2.24, 2.45) is 13.0 Å². The number of aryl methyl sites for hydroxylation is 2. The number of pyridine rings is 1. The van der Waals surface area contributed by atoms with Gasteiger partial charge in [-0.2, -0.15) is 4.98 Å². The SMILES string of the molecule is CCc1nc(-c2nnn(C)c2CNc2ccnc(OC3CC3)n2)ccc1O[C@H]1CCC[C@H](C(=O)O)C1. The third-order valence-corrected chi connectivity index (χ3v) is 6.59. The number of hydrogen-bond donors (Lipinski definition) is 2. The number of aliphatic carboxylic acids is 1. The van der Waals surface area contributed by atoms with E-state index in [1.165, 1.54) is 0 Å². The summed E-state index contributed by atoms with van der Waals surface area (Å²) >= 11 is 0. The van der Waals surface area contributed by atoms with Crippen LogP contribution in [0.15, 0.2) is 24.4 Å². The van der Waals surface area contributed by atoms with Crippen molar-refractivity contribution in [2.75, 3.05) is 5.32 Å². The average molecular weight is 494 g/mol. The fourth-order valence-corrected chi connectivity index (χ4v) is 4.42. The summed E-state index contributed by atoms with van der Waals surface area (Å²) in [5.41, 5.74) is 3.06. The smallest absolute Gasteiger partial charge is 0.318 e.